The third-order valence-corrected chi connectivity index (χ3v) is 4.31. The Morgan fingerprint density at radius 1 is 1.50 bits per heavy atom. The van der Waals surface area contributed by atoms with Crippen LogP contribution in [0, 0.1) is 0 Å². The fourth-order valence-corrected chi connectivity index (χ4v) is 2.86. The van der Waals surface area contributed by atoms with Gasteiger partial charge in [0.2, 0.25) is 0 Å². The Morgan fingerprint density at radius 3 is 2.89 bits per heavy atom. The molecule has 1 fully saturated rings. The van der Waals surface area contributed by atoms with E-state index < -0.39 is 0 Å². The van der Waals surface area contributed by atoms with Crippen LogP contribution >= 0.6 is 15.9 Å². The molecule has 98 valence electrons. The van der Waals surface area contributed by atoms with E-state index in [1.165, 1.54) is 0 Å². The highest BCUT2D eigenvalue weighted by atomic mass is 79.9. The van der Waals surface area contributed by atoms with Crippen molar-refractivity contribution in [3.05, 3.63) is 28.2 Å². The fourth-order valence-electron chi connectivity index (χ4n) is 2.40. The molecule has 1 atom stereocenters. The molecule has 1 heterocycles. The van der Waals surface area contributed by atoms with Crippen molar-refractivity contribution < 1.29 is 9.53 Å². The number of aldehydes is 1. The predicted octanol–water partition coefficient (Wildman–Crippen LogP) is 3.27. The van der Waals surface area contributed by atoms with E-state index in [0.29, 0.717) is 5.56 Å². The maximum absolute atomic E-state index is 10.8. The molecule has 0 radical (unpaired) electrons. The molecule has 0 amide bonds. The molecule has 0 spiro atoms. The molecule has 1 aliphatic rings. The van der Waals surface area contributed by atoms with Gasteiger partial charge < -0.3 is 9.64 Å². The summed E-state index contributed by atoms with van der Waals surface area (Å²) in [6.07, 6.45) is 3.08. The number of hydrogen-bond donors (Lipinski definition) is 0. The van der Waals surface area contributed by atoms with Crippen molar-refractivity contribution >= 4 is 27.9 Å². The molecule has 1 saturated heterocycles. The van der Waals surface area contributed by atoms with Crippen LogP contribution < -0.4 is 4.90 Å². The van der Waals surface area contributed by atoms with E-state index in [1.54, 1.807) is 7.11 Å². The summed E-state index contributed by atoms with van der Waals surface area (Å²) in [5, 5.41) is 0. The number of piperidine rings is 1. The Balaban J connectivity index is 2.21. The topological polar surface area (TPSA) is 29.5 Å². The third-order valence-electron chi connectivity index (χ3n) is 3.63. The van der Waals surface area contributed by atoms with E-state index >= 15 is 0 Å². The van der Waals surface area contributed by atoms with Gasteiger partial charge in [-0.3, -0.25) is 4.79 Å². The van der Waals surface area contributed by atoms with Crippen molar-refractivity contribution in [2.45, 2.75) is 25.4 Å². The zero-order valence-corrected chi connectivity index (χ0v) is 12.4. The van der Waals surface area contributed by atoms with Gasteiger partial charge in [-0.1, -0.05) is 0 Å². The molecule has 4 heteroatoms. The molecule has 1 aliphatic heterocycles. The zero-order valence-electron chi connectivity index (χ0n) is 10.8. The molecule has 0 bridgehead atoms. The number of ether oxygens (including phenoxy) is 1. The van der Waals surface area contributed by atoms with E-state index in [-0.39, 0.29) is 5.60 Å². The van der Waals surface area contributed by atoms with Crippen LogP contribution in [0.1, 0.15) is 30.1 Å². The average molecular weight is 312 g/mol. The Bertz CT molecular complexity index is 449. The number of nitrogens with zero attached hydrogens (tertiary/aromatic N) is 1. The van der Waals surface area contributed by atoms with Gasteiger partial charge in [0.25, 0.3) is 0 Å². The van der Waals surface area contributed by atoms with Gasteiger partial charge >= 0.3 is 0 Å². The van der Waals surface area contributed by atoms with Crippen LogP contribution in [-0.4, -0.2) is 32.1 Å². The van der Waals surface area contributed by atoms with Gasteiger partial charge in [-0.25, -0.2) is 0 Å². The van der Waals surface area contributed by atoms with E-state index in [0.717, 1.165) is 42.4 Å². The number of halogens is 1. The second-order valence-electron chi connectivity index (χ2n) is 5.00. The maximum Gasteiger partial charge on any atom is 0.151 e. The summed E-state index contributed by atoms with van der Waals surface area (Å²) in [7, 11) is 1.77. The van der Waals surface area contributed by atoms with E-state index in [2.05, 4.69) is 27.8 Å². The summed E-state index contributed by atoms with van der Waals surface area (Å²) < 4.78 is 6.44. The first kappa shape index (κ1) is 13.6. The summed E-state index contributed by atoms with van der Waals surface area (Å²) in [6.45, 7) is 4.07. The quantitative estimate of drug-likeness (QED) is 0.802. The van der Waals surface area contributed by atoms with Gasteiger partial charge in [-0.05, 0) is 53.9 Å². The second kappa shape index (κ2) is 5.41. The van der Waals surface area contributed by atoms with Gasteiger partial charge in [0.1, 0.15) is 0 Å². The average Bonchev–Trinajstić information content (AvgIpc) is 2.39. The van der Waals surface area contributed by atoms with Crippen molar-refractivity contribution in [1.82, 2.24) is 0 Å². The van der Waals surface area contributed by atoms with E-state index in [4.69, 9.17) is 4.74 Å². The summed E-state index contributed by atoms with van der Waals surface area (Å²) in [4.78, 5) is 13.1. The van der Waals surface area contributed by atoms with Crippen molar-refractivity contribution in [3.63, 3.8) is 0 Å². The molecular formula is C14H18BrNO2. The minimum atomic E-state index is -0.0753. The highest BCUT2D eigenvalue weighted by Gasteiger charge is 2.30. The summed E-state index contributed by atoms with van der Waals surface area (Å²) in [5.41, 5.74) is 1.74. The van der Waals surface area contributed by atoms with Crippen LogP contribution in [0.4, 0.5) is 5.69 Å². The number of methoxy groups -OCH3 is 1. The highest BCUT2D eigenvalue weighted by molar-refractivity contribution is 9.10. The molecule has 0 N–H and O–H groups in total. The molecular weight excluding hydrogens is 294 g/mol. The van der Waals surface area contributed by atoms with Crippen LogP contribution in [0.5, 0.6) is 0 Å². The van der Waals surface area contributed by atoms with Gasteiger partial charge in [-0.2, -0.15) is 0 Å². The number of hydrogen-bond acceptors (Lipinski definition) is 3. The summed E-state index contributed by atoms with van der Waals surface area (Å²) in [6, 6.07) is 5.85. The number of rotatable bonds is 3. The van der Waals surface area contributed by atoms with Gasteiger partial charge in [0.05, 0.1) is 5.60 Å². The summed E-state index contributed by atoms with van der Waals surface area (Å²) >= 11 is 3.43. The predicted molar refractivity (Wildman–Crippen MR) is 76.4 cm³/mol. The maximum atomic E-state index is 10.8. The lowest BCUT2D eigenvalue weighted by molar-refractivity contribution is -0.00465. The molecule has 1 aromatic carbocycles. The first-order chi connectivity index (χ1) is 8.58. The first-order valence-electron chi connectivity index (χ1n) is 6.13. The van der Waals surface area contributed by atoms with E-state index in [1.807, 2.05) is 18.2 Å². The Morgan fingerprint density at radius 2 is 2.28 bits per heavy atom. The van der Waals surface area contributed by atoms with E-state index in [9.17, 15) is 4.79 Å². The molecule has 2 rings (SSSR count). The zero-order chi connectivity index (χ0) is 13.2. The van der Waals surface area contributed by atoms with Crippen LogP contribution in [0.15, 0.2) is 22.7 Å². The van der Waals surface area contributed by atoms with Crippen molar-refractivity contribution in [2.24, 2.45) is 0 Å². The van der Waals surface area contributed by atoms with Crippen LogP contribution in [0.3, 0.4) is 0 Å². The lowest BCUT2D eigenvalue weighted by Crippen LogP contribution is -2.47. The largest absolute Gasteiger partial charge is 0.377 e. The lowest BCUT2D eigenvalue weighted by Gasteiger charge is -2.40. The lowest BCUT2D eigenvalue weighted by atomic mass is 9.94. The monoisotopic (exact) mass is 311 g/mol. The molecule has 0 aliphatic carbocycles. The number of carbonyl (C=O) groups excluding carboxylic acids is 1. The molecule has 3 nitrogen and oxygen atoms in total. The number of benzene rings is 1. The molecule has 18 heavy (non-hydrogen) atoms. The smallest absolute Gasteiger partial charge is 0.151 e. The van der Waals surface area contributed by atoms with Crippen LogP contribution in [0.2, 0.25) is 0 Å². The number of anilines is 1. The third kappa shape index (κ3) is 2.75. The highest BCUT2D eigenvalue weighted by Crippen LogP contribution is 2.30. The van der Waals surface area contributed by atoms with Crippen LogP contribution in [-0.2, 0) is 4.74 Å². The Kier molecular flexibility index (Phi) is 4.07. The second-order valence-corrected chi connectivity index (χ2v) is 5.86. The van der Waals surface area contributed by atoms with Gasteiger partial charge in [0, 0.05) is 35.9 Å². The van der Waals surface area contributed by atoms with Gasteiger partial charge in [0.15, 0.2) is 6.29 Å². The normalized spacial score (nSPS) is 24.1. The van der Waals surface area contributed by atoms with Crippen LogP contribution in [0.25, 0.3) is 0 Å². The molecule has 1 aromatic rings. The SMILES string of the molecule is COC1(C)CCCN(c2ccc(C=O)c(Br)c2)C1. The van der Waals surface area contributed by atoms with Crippen molar-refractivity contribution in [1.29, 1.82) is 0 Å². The Hall–Kier alpha value is -0.870. The molecule has 0 aromatic heterocycles. The molecule has 0 saturated carbocycles. The minimum absolute atomic E-state index is 0.0753. The van der Waals surface area contributed by atoms with Crippen molar-refractivity contribution in [2.75, 3.05) is 25.1 Å². The Labute approximate surface area is 116 Å². The number of carbonyl (C=O) groups is 1. The fraction of sp³-hybridized carbons (Fsp3) is 0.500. The first-order valence-corrected chi connectivity index (χ1v) is 6.92. The molecule has 1 unspecified atom stereocenters. The summed E-state index contributed by atoms with van der Waals surface area (Å²) in [5.74, 6) is 0. The standard InChI is InChI=1S/C14H18BrNO2/c1-14(18-2)6-3-7-16(10-14)12-5-4-11(9-17)13(15)8-12/h4-5,8-9H,3,6-7,10H2,1-2H3. The van der Waals surface area contributed by atoms with Crippen molar-refractivity contribution in [3.8, 4) is 0 Å². The minimum Gasteiger partial charge on any atom is -0.377 e. The van der Waals surface area contributed by atoms with Gasteiger partial charge in [-0.15, -0.1) is 0 Å².